The van der Waals surface area contributed by atoms with Gasteiger partial charge in [-0.2, -0.15) is 0 Å². The summed E-state index contributed by atoms with van der Waals surface area (Å²) in [6.45, 7) is 3.74. The van der Waals surface area contributed by atoms with Crippen molar-refractivity contribution >= 4 is 5.91 Å². The first-order valence-electron chi connectivity index (χ1n) is 6.11. The molecule has 0 aromatic rings. The highest BCUT2D eigenvalue weighted by atomic mass is 16.3. The standard InChI is InChI=1S/C12H21NO2/c1-9-2-4-10(5-3-9)7-13-8-11(14)6-12(13)15/h9-11,14H,2-8H2,1H3. The van der Waals surface area contributed by atoms with Crippen molar-refractivity contribution in [3.05, 3.63) is 0 Å². The predicted molar refractivity (Wildman–Crippen MR) is 58.3 cm³/mol. The van der Waals surface area contributed by atoms with E-state index in [0.717, 1.165) is 12.5 Å². The van der Waals surface area contributed by atoms with Crippen LogP contribution in [-0.2, 0) is 4.79 Å². The molecule has 1 amide bonds. The third-order valence-electron chi connectivity index (χ3n) is 3.81. The van der Waals surface area contributed by atoms with Crippen molar-refractivity contribution in [1.29, 1.82) is 0 Å². The summed E-state index contributed by atoms with van der Waals surface area (Å²) in [6, 6.07) is 0. The van der Waals surface area contributed by atoms with Gasteiger partial charge in [-0.05, 0) is 24.7 Å². The molecule has 1 atom stereocenters. The molecule has 1 unspecified atom stereocenters. The van der Waals surface area contributed by atoms with Gasteiger partial charge in [-0.1, -0.05) is 19.8 Å². The monoisotopic (exact) mass is 211 g/mol. The van der Waals surface area contributed by atoms with Gasteiger partial charge >= 0.3 is 0 Å². The molecular formula is C12H21NO2. The Morgan fingerprint density at radius 2 is 2.00 bits per heavy atom. The molecule has 3 nitrogen and oxygen atoms in total. The van der Waals surface area contributed by atoms with Crippen LogP contribution in [0.25, 0.3) is 0 Å². The predicted octanol–water partition coefficient (Wildman–Crippen LogP) is 1.41. The molecule has 15 heavy (non-hydrogen) atoms. The molecule has 86 valence electrons. The molecule has 0 spiro atoms. The molecule has 1 saturated carbocycles. The Kier molecular flexibility index (Phi) is 3.29. The average molecular weight is 211 g/mol. The van der Waals surface area contributed by atoms with Gasteiger partial charge in [0.1, 0.15) is 0 Å². The van der Waals surface area contributed by atoms with Crippen molar-refractivity contribution in [1.82, 2.24) is 4.90 Å². The molecule has 0 aromatic heterocycles. The molecule has 0 bridgehead atoms. The molecule has 2 aliphatic rings. The van der Waals surface area contributed by atoms with Crippen LogP contribution in [0.2, 0.25) is 0 Å². The van der Waals surface area contributed by atoms with E-state index >= 15 is 0 Å². The second-order valence-corrected chi connectivity index (χ2v) is 5.28. The first kappa shape index (κ1) is 10.9. The molecule has 2 rings (SSSR count). The van der Waals surface area contributed by atoms with E-state index in [9.17, 15) is 9.90 Å². The summed E-state index contributed by atoms with van der Waals surface area (Å²) in [7, 11) is 0. The summed E-state index contributed by atoms with van der Waals surface area (Å²) in [5, 5.41) is 9.38. The number of nitrogens with zero attached hydrogens (tertiary/aromatic N) is 1. The van der Waals surface area contributed by atoms with Gasteiger partial charge in [-0.15, -0.1) is 0 Å². The van der Waals surface area contributed by atoms with Crippen LogP contribution >= 0.6 is 0 Å². The maximum atomic E-state index is 11.5. The zero-order chi connectivity index (χ0) is 10.8. The molecule has 2 fully saturated rings. The van der Waals surface area contributed by atoms with E-state index in [0.29, 0.717) is 18.9 Å². The van der Waals surface area contributed by atoms with Crippen LogP contribution < -0.4 is 0 Å². The first-order valence-corrected chi connectivity index (χ1v) is 6.11. The Morgan fingerprint density at radius 1 is 1.33 bits per heavy atom. The minimum Gasteiger partial charge on any atom is -0.391 e. The number of hydrogen-bond acceptors (Lipinski definition) is 2. The third kappa shape index (κ3) is 2.71. The van der Waals surface area contributed by atoms with Gasteiger partial charge in [-0.3, -0.25) is 4.79 Å². The van der Waals surface area contributed by atoms with Gasteiger partial charge < -0.3 is 10.0 Å². The number of aliphatic hydroxyl groups is 1. The normalized spacial score (nSPS) is 37.3. The highest BCUT2D eigenvalue weighted by molar-refractivity contribution is 5.78. The highest BCUT2D eigenvalue weighted by Gasteiger charge is 2.30. The maximum absolute atomic E-state index is 11.5. The van der Waals surface area contributed by atoms with E-state index in [2.05, 4.69) is 6.92 Å². The van der Waals surface area contributed by atoms with E-state index in [-0.39, 0.29) is 5.91 Å². The lowest BCUT2D eigenvalue weighted by Crippen LogP contribution is -2.33. The molecule has 1 heterocycles. The molecule has 0 radical (unpaired) electrons. The lowest BCUT2D eigenvalue weighted by Gasteiger charge is -2.29. The summed E-state index contributed by atoms with van der Waals surface area (Å²) in [5.74, 6) is 1.68. The van der Waals surface area contributed by atoms with Crippen molar-refractivity contribution in [2.75, 3.05) is 13.1 Å². The van der Waals surface area contributed by atoms with Crippen LogP contribution in [-0.4, -0.2) is 35.1 Å². The van der Waals surface area contributed by atoms with Crippen molar-refractivity contribution in [3.63, 3.8) is 0 Å². The number of rotatable bonds is 2. The van der Waals surface area contributed by atoms with Crippen LogP contribution in [0.4, 0.5) is 0 Å². The molecule has 3 heteroatoms. The molecule has 1 aliphatic carbocycles. The van der Waals surface area contributed by atoms with Crippen LogP contribution in [0.15, 0.2) is 0 Å². The zero-order valence-electron chi connectivity index (χ0n) is 9.48. The van der Waals surface area contributed by atoms with Crippen molar-refractivity contribution < 1.29 is 9.90 Å². The zero-order valence-corrected chi connectivity index (χ0v) is 9.48. The Labute approximate surface area is 91.5 Å². The summed E-state index contributed by atoms with van der Waals surface area (Å²) in [4.78, 5) is 13.3. The Hall–Kier alpha value is -0.570. The third-order valence-corrected chi connectivity index (χ3v) is 3.81. The van der Waals surface area contributed by atoms with E-state index in [1.807, 2.05) is 4.90 Å². The molecular weight excluding hydrogens is 190 g/mol. The quantitative estimate of drug-likeness (QED) is 0.750. The lowest BCUT2D eigenvalue weighted by atomic mass is 9.83. The summed E-state index contributed by atoms with van der Waals surface area (Å²) < 4.78 is 0. The fraction of sp³-hybridized carbons (Fsp3) is 0.917. The van der Waals surface area contributed by atoms with Gasteiger partial charge in [0, 0.05) is 13.1 Å². The lowest BCUT2D eigenvalue weighted by molar-refractivity contribution is -0.128. The largest absolute Gasteiger partial charge is 0.391 e. The second kappa shape index (κ2) is 4.52. The van der Waals surface area contributed by atoms with Crippen LogP contribution in [0, 0.1) is 11.8 Å². The van der Waals surface area contributed by atoms with E-state index in [1.54, 1.807) is 0 Å². The number of carbonyl (C=O) groups is 1. The average Bonchev–Trinajstić information content (AvgIpc) is 2.49. The van der Waals surface area contributed by atoms with Crippen molar-refractivity contribution in [3.8, 4) is 0 Å². The minimum atomic E-state index is -0.417. The molecule has 1 aliphatic heterocycles. The fourth-order valence-electron chi connectivity index (χ4n) is 2.75. The van der Waals surface area contributed by atoms with Gasteiger partial charge in [0.2, 0.25) is 5.91 Å². The number of amides is 1. The van der Waals surface area contributed by atoms with Gasteiger partial charge in [0.05, 0.1) is 12.5 Å². The van der Waals surface area contributed by atoms with E-state index in [4.69, 9.17) is 0 Å². The number of hydrogen-bond donors (Lipinski definition) is 1. The SMILES string of the molecule is CC1CCC(CN2CC(O)CC2=O)CC1. The van der Waals surface area contributed by atoms with Crippen molar-refractivity contribution in [2.24, 2.45) is 11.8 Å². The Morgan fingerprint density at radius 3 is 2.53 bits per heavy atom. The topological polar surface area (TPSA) is 40.5 Å². The second-order valence-electron chi connectivity index (χ2n) is 5.28. The van der Waals surface area contributed by atoms with E-state index in [1.165, 1.54) is 25.7 Å². The smallest absolute Gasteiger partial charge is 0.225 e. The molecule has 1 N–H and O–H groups in total. The summed E-state index contributed by atoms with van der Waals surface area (Å²) in [6.07, 6.45) is 5.02. The van der Waals surface area contributed by atoms with Crippen molar-refractivity contribution in [2.45, 2.75) is 45.1 Å². The number of aliphatic hydroxyl groups excluding tert-OH is 1. The Bertz CT molecular complexity index is 234. The fourth-order valence-corrected chi connectivity index (χ4v) is 2.75. The van der Waals surface area contributed by atoms with Gasteiger partial charge in [0.15, 0.2) is 0 Å². The van der Waals surface area contributed by atoms with Gasteiger partial charge in [0.25, 0.3) is 0 Å². The van der Waals surface area contributed by atoms with Crippen LogP contribution in [0.5, 0.6) is 0 Å². The van der Waals surface area contributed by atoms with Crippen LogP contribution in [0.1, 0.15) is 39.0 Å². The Balaban J connectivity index is 1.79. The molecule has 1 saturated heterocycles. The summed E-state index contributed by atoms with van der Waals surface area (Å²) in [5.41, 5.74) is 0. The van der Waals surface area contributed by atoms with Crippen LogP contribution in [0.3, 0.4) is 0 Å². The maximum Gasteiger partial charge on any atom is 0.225 e. The first-order chi connectivity index (χ1) is 7.15. The minimum absolute atomic E-state index is 0.140. The number of carbonyl (C=O) groups excluding carboxylic acids is 1. The summed E-state index contributed by atoms with van der Waals surface area (Å²) >= 11 is 0. The highest BCUT2D eigenvalue weighted by Crippen LogP contribution is 2.29. The van der Waals surface area contributed by atoms with E-state index < -0.39 is 6.10 Å². The molecule has 0 aromatic carbocycles. The number of likely N-dealkylation sites (tertiary alicyclic amines) is 1. The van der Waals surface area contributed by atoms with Gasteiger partial charge in [-0.25, -0.2) is 0 Å². The number of β-amino-alcohol motifs (C(OH)–C–C–N with tert-alkyl or cyclic N) is 1.